The van der Waals surface area contributed by atoms with Crippen LogP contribution in [0.15, 0.2) is 42.7 Å². The second kappa shape index (κ2) is 9.07. The Bertz CT molecular complexity index is 1330. The number of amides is 2. The van der Waals surface area contributed by atoms with Gasteiger partial charge in [-0.05, 0) is 75.1 Å². The molecule has 0 bridgehead atoms. The third-order valence-electron chi connectivity index (χ3n) is 6.44. The Labute approximate surface area is 202 Å². The number of halogens is 1. The first-order valence-electron chi connectivity index (χ1n) is 11.2. The van der Waals surface area contributed by atoms with Crippen molar-refractivity contribution in [3.8, 4) is 11.3 Å². The van der Waals surface area contributed by atoms with Gasteiger partial charge in [0, 0.05) is 36.2 Å². The number of pyridine rings is 1. The molecular formula is C26H27FN4O4. The number of Topliss-reactive ketones (excluding diaryl/α,β-unsaturated/α-hetero) is 1. The summed E-state index contributed by atoms with van der Waals surface area (Å²) in [4.78, 5) is 43.6. The maximum Gasteiger partial charge on any atom is 0.294 e. The Kier molecular flexibility index (Phi) is 6.29. The summed E-state index contributed by atoms with van der Waals surface area (Å²) < 4.78 is 15.2. The van der Waals surface area contributed by atoms with Crippen LogP contribution in [-0.4, -0.2) is 43.9 Å². The smallest absolute Gasteiger partial charge is 0.294 e. The second-order valence-electron chi connectivity index (χ2n) is 9.32. The molecule has 1 aromatic carbocycles. The lowest BCUT2D eigenvalue weighted by molar-refractivity contribution is -0.121. The van der Waals surface area contributed by atoms with Crippen molar-refractivity contribution in [1.29, 1.82) is 0 Å². The largest absolute Gasteiger partial charge is 0.393 e. The molecular weight excluding hydrogens is 451 g/mol. The molecule has 2 amide bonds. The number of aromatic nitrogens is 2. The summed E-state index contributed by atoms with van der Waals surface area (Å²) in [6, 6.07) is 7.66. The van der Waals surface area contributed by atoms with Gasteiger partial charge in [0.2, 0.25) is 0 Å². The number of nitrogens with zero attached hydrogens (tertiary/aromatic N) is 2. The highest BCUT2D eigenvalue weighted by molar-refractivity contribution is 6.43. The summed E-state index contributed by atoms with van der Waals surface area (Å²) in [6.45, 7) is 4.98. The van der Waals surface area contributed by atoms with Crippen LogP contribution in [-0.2, 0) is 11.8 Å². The second-order valence-corrected chi connectivity index (χ2v) is 9.32. The van der Waals surface area contributed by atoms with Gasteiger partial charge in [-0.3, -0.25) is 19.4 Å². The normalized spacial score (nSPS) is 19.1. The van der Waals surface area contributed by atoms with E-state index in [1.807, 2.05) is 0 Å². The van der Waals surface area contributed by atoms with E-state index in [-0.39, 0.29) is 17.1 Å². The monoisotopic (exact) mass is 478 g/mol. The highest BCUT2D eigenvalue weighted by atomic mass is 19.1. The van der Waals surface area contributed by atoms with Gasteiger partial charge in [-0.15, -0.1) is 0 Å². The zero-order valence-corrected chi connectivity index (χ0v) is 20.0. The Balaban J connectivity index is 1.75. The van der Waals surface area contributed by atoms with Crippen molar-refractivity contribution in [2.75, 3.05) is 5.32 Å². The number of aliphatic hydroxyl groups is 1. The number of benzene rings is 1. The molecule has 35 heavy (non-hydrogen) atoms. The number of anilines is 1. The summed E-state index contributed by atoms with van der Waals surface area (Å²) >= 11 is 0. The SMILES string of the molecule is Cc1cc(NC(=O)c2c(C)c(C(=O)C(=O)NC3(C)CC(O)C3)n(C)c2-c2ccncc2)ccc1F. The Morgan fingerprint density at radius 3 is 2.40 bits per heavy atom. The van der Waals surface area contributed by atoms with Gasteiger partial charge in [-0.2, -0.15) is 0 Å². The molecule has 0 saturated heterocycles. The van der Waals surface area contributed by atoms with Crippen molar-refractivity contribution in [3.05, 3.63) is 70.9 Å². The molecule has 0 radical (unpaired) electrons. The van der Waals surface area contributed by atoms with Crippen molar-refractivity contribution in [2.24, 2.45) is 7.05 Å². The van der Waals surface area contributed by atoms with E-state index in [1.165, 1.54) is 22.8 Å². The predicted octanol–water partition coefficient (Wildman–Crippen LogP) is 3.31. The molecule has 0 spiro atoms. The average Bonchev–Trinajstić information content (AvgIpc) is 3.05. The molecule has 1 saturated carbocycles. The third kappa shape index (κ3) is 4.59. The van der Waals surface area contributed by atoms with Gasteiger partial charge in [-0.25, -0.2) is 4.39 Å². The van der Waals surface area contributed by atoms with E-state index >= 15 is 0 Å². The molecule has 1 aliphatic rings. The first kappa shape index (κ1) is 24.3. The molecule has 182 valence electrons. The van der Waals surface area contributed by atoms with Crippen molar-refractivity contribution < 1.29 is 23.9 Å². The number of ketones is 1. The van der Waals surface area contributed by atoms with E-state index in [0.717, 1.165) is 0 Å². The fourth-order valence-corrected chi connectivity index (χ4v) is 4.71. The van der Waals surface area contributed by atoms with Crippen LogP contribution in [0.5, 0.6) is 0 Å². The van der Waals surface area contributed by atoms with Crippen molar-refractivity contribution in [3.63, 3.8) is 0 Å². The van der Waals surface area contributed by atoms with Gasteiger partial charge < -0.3 is 20.3 Å². The van der Waals surface area contributed by atoms with Crippen molar-refractivity contribution >= 4 is 23.3 Å². The molecule has 3 N–H and O–H groups in total. The maximum absolute atomic E-state index is 13.7. The van der Waals surface area contributed by atoms with E-state index < -0.39 is 29.2 Å². The molecule has 8 nitrogen and oxygen atoms in total. The lowest BCUT2D eigenvalue weighted by Crippen LogP contribution is -2.58. The predicted molar refractivity (Wildman–Crippen MR) is 129 cm³/mol. The lowest BCUT2D eigenvalue weighted by Gasteiger charge is -2.42. The minimum absolute atomic E-state index is 0.0817. The molecule has 2 heterocycles. The van der Waals surface area contributed by atoms with Gasteiger partial charge in [0.05, 0.1) is 23.1 Å². The Hall–Kier alpha value is -3.85. The number of aryl methyl sites for hydroxylation is 1. The molecule has 1 aliphatic carbocycles. The summed E-state index contributed by atoms with van der Waals surface area (Å²) in [5, 5.41) is 15.1. The van der Waals surface area contributed by atoms with E-state index in [1.54, 1.807) is 52.3 Å². The van der Waals surface area contributed by atoms with Crippen molar-refractivity contribution in [1.82, 2.24) is 14.9 Å². The van der Waals surface area contributed by atoms with Crippen LogP contribution in [0.4, 0.5) is 10.1 Å². The number of aliphatic hydroxyl groups excluding tert-OH is 1. The van der Waals surface area contributed by atoms with Gasteiger partial charge in [-0.1, -0.05) is 0 Å². The van der Waals surface area contributed by atoms with Gasteiger partial charge >= 0.3 is 0 Å². The molecule has 9 heteroatoms. The third-order valence-corrected chi connectivity index (χ3v) is 6.44. The van der Waals surface area contributed by atoms with Gasteiger partial charge in [0.25, 0.3) is 17.6 Å². The summed E-state index contributed by atoms with van der Waals surface area (Å²) in [6.07, 6.45) is 3.37. The van der Waals surface area contributed by atoms with Crippen LogP contribution in [0.3, 0.4) is 0 Å². The molecule has 0 atom stereocenters. The molecule has 1 fully saturated rings. The van der Waals surface area contributed by atoms with E-state index in [0.29, 0.717) is 40.9 Å². The Morgan fingerprint density at radius 2 is 1.80 bits per heavy atom. The fourth-order valence-electron chi connectivity index (χ4n) is 4.71. The first-order chi connectivity index (χ1) is 16.5. The highest BCUT2D eigenvalue weighted by Gasteiger charge is 2.42. The minimum atomic E-state index is -0.800. The minimum Gasteiger partial charge on any atom is -0.393 e. The molecule has 4 rings (SSSR count). The lowest BCUT2D eigenvalue weighted by atomic mass is 9.76. The highest BCUT2D eigenvalue weighted by Crippen LogP contribution is 2.34. The van der Waals surface area contributed by atoms with Crippen LogP contribution < -0.4 is 10.6 Å². The van der Waals surface area contributed by atoms with Crippen molar-refractivity contribution in [2.45, 2.75) is 45.3 Å². The number of rotatable bonds is 6. The van der Waals surface area contributed by atoms with Gasteiger partial charge in [0.15, 0.2) is 0 Å². The maximum atomic E-state index is 13.7. The quantitative estimate of drug-likeness (QED) is 0.372. The van der Waals surface area contributed by atoms with Gasteiger partial charge in [0.1, 0.15) is 5.82 Å². The van der Waals surface area contributed by atoms with E-state index in [9.17, 15) is 23.9 Å². The van der Waals surface area contributed by atoms with Crippen LogP contribution in [0.25, 0.3) is 11.3 Å². The van der Waals surface area contributed by atoms with E-state index in [2.05, 4.69) is 15.6 Å². The molecule has 0 aliphatic heterocycles. The summed E-state index contributed by atoms with van der Waals surface area (Å²) in [5.74, 6) is -2.46. The Morgan fingerprint density at radius 1 is 1.14 bits per heavy atom. The van der Waals surface area contributed by atoms with Crippen LogP contribution in [0, 0.1) is 19.7 Å². The number of carbonyl (C=O) groups excluding carboxylic acids is 3. The number of hydrogen-bond donors (Lipinski definition) is 3. The number of carbonyl (C=O) groups is 3. The molecule has 2 aromatic heterocycles. The first-order valence-corrected chi connectivity index (χ1v) is 11.2. The summed E-state index contributed by atoms with van der Waals surface area (Å²) in [5.41, 5.74) is 1.86. The zero-order chi connectivity index (χ0) is 25.5. The van der Waals surface area contributed by atoms with E-state index in [4.69, 9.17) is 0 Å². The van der Waals surface area contributed by atoms with Crippen LogP contribution in [0.1, 0.15) is 51.7 Å². The standard InChI is InChI=1S/C26H27FN4O4/c1-14-11-17(5-6-19(14)27)29-24(34)20-15(2)21(31(4)22(20)16-7-9-28-10-8-16)23(33)25(35)30-26(3)12-18(32)13-26/h5-11,18,32H,12-13H2,1-4H3,(H,29,34)(H,30,35). The fraction of sp³-hybridized carbons (Fsp3) is 0.308. The average molecular weight is 479 g/mol. The number of hydrogen-bond acceptors (Lipinski definition) is 5. The summed E-state index contributed by atoms with van der Waals surface area (Å²) in [7, 11) is 1.62. The topological polar surface area (TPSA) is 113 Å². The molecule has 3 aromatic rings. The molecule has 0 unspecified atom stereocenters. The van der Waals surface area contributed by atoms with Crippen LogP contribution >= 0.6 is 0 Å². The number of nitrogens with one attached hydrogen (secondary N) is 2. The zero-order valence-electron chi connectivity index (χ0n) is 20.0. The van der Waals surface area contributed by atoms with Crippen LogP contribution in [0.2, 0.25) is 0 Å².